The van der Waals surface area contributed by atoms with Crippen molar-refractivity contribution >= 4 is 17.6 Å². The molecule has 2 aromatic rings. The molecule has 2 spiro atoms. The maximum atomic E-state index is 12.5. The molecule has 11 nitrogen and oxygen atoms in total. The molecule has 5 heterocycles. The number of hydrogen-bond donors (Lipinski definition) is 2. The monoisotopic (exact) mass is 663 g/mol. The quantitative estimate of drug-likeness (QED) is 0.440. The molecule has 3 N–H and O–H groups in total. The van der Waals surface area contributed by atoms with Crippen LogP contribution in [0.5, 0.6) is 5.75 Å². The van der Waals surface area contributed by atoms with Crippen LogP contribution in [0.1, 0.15) is 73.1 Å². The van der Waals surface area contributed by atoms with Gasteiger partial charge in [0.25, 0.3) is 0 Å². The van der Waals surface area contributed by atoms with Crippen LogP contribution >= 0.6 is 0 Å². The first kappa shape index (κ1) is 34.7. The van der Waals surface area contributed by atoms with Gasteiger partial charge < -0.3 is 30.1 Å². The number of nitrogens with two attached hydrogens (primary N) is 1. The van der Waals surface area contributed by atoms with Crippen molar-refractivity contribution < 1.29 is 19.4 Å². The average molecular weight is 664 g/mol. The fraction of sp³-hybridized carbons (Fsp3) is 0.703. The van der Waals surface area contributed by atoms with E-state index in [1.807, 2.05) is 57.7 Å². The van der Waals surface area contributed by atoms with Crippen molar-refractivity contribution in [3.05, 3.63) is 30.3 Å². The normalized spacial score (nSPS) is 24.4. The fourth-order valence-corrected chi connectivity index (χ4v) is 8.60. The molecule has 1 aromatic carbocycles. The van der Waals surface area contributed by atoms with E-state index >= 15 is 0 Å². The fourth-order valence-electron chi connectivity index (χ4n) is 8.60. The Morgan fingerprint density at radius 1 is 1.00 bits per heavy atom. The summed E-state index contributed by atoms with van der Waals surface area (Å²) in [6, 6.07) is 9.82. The van der Waals surface area contributed by atoms with E-state index in [4.69, 9.17) is 15.2 Å². The number of carbonyl (C=O) groups excluding carboxylic acids is 1. The standard InChI is InChI=1S/C35H51N7O4.C2H6/c1-33(2,3)46-32(44)41-14-8-34(9-15-41)19-25(20-34)42-16-17-45-26(22-42)21-39-23-35(24-39)10-12-40(13-11-35)29-18-28(37-38-31(29)36)27-6-4-5-7-30(27)43;1-2/h4-7,18,25-26,43H,8-17,19-24H2,1-3H3,(H2,36,38);1-2H3. The summed E-state index contributed by atoms with van der Waals surface area (Å²) in [5.74, 6) is 0.631. The SMILES string of the molecule is CC.CC(C)(C)OC(=O)N1CCC2(CC1)CC(N1CCOC(CN3CC4(CCN(c5cc(-c6ccccc6O)nnc5N)CC4)C3)C1)C2. The lowest BCUT2D eigenvalue weighted by Gasteiger charge is -2.57. The lowest BCUT2D eigenvalue weighted by Crippen LogP contribution is -2.64. The molecule has 0 bridgehead atoms. The second-order valence-corrected chi connectivity index (χ2v) is 15.7. The highest BCUT2D eigenvalue weighted by Gasteiger charge is 2.50. The van der Waals surface area contributed by atoms with Gasteiger partial charge in [0.2, 0.25) is 0 Å². The zero-order valence-corrected chi connectivity index (χ0v) is 29.8. The number of rotatable bonds is 5. The van der Waals surface area contributed by atoms with Crippen LogP contribution in [0.3, 0.4) is 0 Å². The number of nitrogen functional groups attached to an aromatic ring is 1. The van der Waals surface area contributed by atoms with E-state index < -0.39 is 5.60 Å². The molecule has 5 fully saturated rings. The Morgan fingerprint density at radius 2 is 1.67 bits per heavy atom. The van der Waals surface area contributed by atoms with Crippen LogP contribution in [0.4, 0.5) is 16.3 Å². The molecule has 1 amide bonds. The highest BCUT2D eigenvalue weighted by atomic mass is 16.6. The summed E-state index contributed by atoms with van der Waals surface area (Å²) >= 11 is 0. The summed E-state index contributed by atoms with van der Waals surface area (Å²) in [4.78, 5) is 22.0. The van der Waals surface area contributed by atoms with Gasteiger partial charge in [-0.05, 0) is 88.3 Å². The van der Waals surface area contributed by atoms with Gasteiger partial charge in [-0.1, -0.05) is 26.0 Å². The third-order valence-electron chi connectivity index (χ3n) is 11.2. The number of para-hydroxylation sites is 1. The third-order valence-corrected chi connectivity index (χ3v) is 11.2. The number of likely N-dealkylation sites (tertiary alicyclic amines) is 2. The minimum atomic E-state index is -0.441. The largest absolute Gasteiger partial charge is 0.507 e. The molecule has 4 saturated heterocycles. The Bertz CT molecular complexity index is 1400. The van der Waals surface area contributed by atoms with Crippen LogP contribution in [0.15, 0.2) is 30.3 Å². The van der Waals surface area contributed by atoms with E-state index in [0.29, 0.717) is 33.9 Å². The Kier molecular flexibility index (Phi) is 10.1. The number of aromatic hydroxyl groups is 1. The highest BCUT2D eigenvalue weighted by molar-refractivity contribution is 5.74. The smallest absolute Gasteiger partial charge is 0.410 e. The lowest BCUT2D eigenvalue weighted by molar-refractivity contribution is -0.117. The Labute approximate surface area is 286 Å². The van der Waals surface area contributed by atoms with Crippen molar-refractivity contribution in [1.82, 2.24) is 24.9 Å². The van der Waals surface area contributed by atoms with Gasteiger partial charge in [-0.2, -0.15) is 0 Å². The van der Waals surface area contributed by atoms with Crippen LogP contribution in [-0.2, 0) is 9.47 Å². The van der Waals surface area contributed by atoms with Crippen LogP contribution in [0.25, 0.3) is 11.3 Å². The first-order valence-electron chi connectivity index (χ1n) is 18.2. The molecule has 1 aliphatic carbocycles. The summed E-state index contributed by atoms with van der Waals surface area (Å²) in [7, 11) is 0. The summed E-state index contributed by atoms with van der Waals surface area (Å²) in [6.45, 7) is 19.4. The zero-order chi connectivity index (χ0) is 34.1. The predicted octanol–water partition coefficient (Wildman–Crippen LogP) is 5.24. The van der Waals surface area contributed by atoms with Gasteiger partial charge in [-0.15, -0.1) is 10.2 Å². The van der Waals surface area contributed by atoms with Crippen molar-refractivity contribution in [2.75, 3.05) is 76.1 Å². The first-order chi connectivity index (χ1) is 23.0. The predicted molar refractivity (Wildman–Crippen MR) is 189 cm³/mol. The number of amides is 1. The van der Waals surface area contributed by atoms with Gasteiger partial charge in [-0.25, -0.2) is 4.79 Å². The van der Waals surface area contributed by atoms with Crippen LogP contribution in [0, 0.1) is 10.8 Å². The highest BCUT2D eigenvalue weighted by Crippen LogP contribution is 2.51. The summed E-state index contributed by atoms with van der Waals surface area (Å²) in [5.41, 5.74) is 8.81. The maximum Gasteiger partial charge on any atom is 0.410 e. The molecule has 48 heavy (non-hydrogen) atoms. The van der Waals surface area contributed by atoms with E-state index in [-0.39, 0.29) is 17.9 Å². The van der Waals surface area contributed by atoms with Gasteiger partial charge in [0.1, 0.15) is 11.4 Å². The molecule has 1 saturated carbocycles. The summed E-state index contributed by atoms with van der Waals surface area (Å²) < 4.78 is 11.9. The average Bonchev–Trinajstić information content (AvgIpc) is 3.04. The molecule has 5 aliphatic rings. The number of anilines is 2. The molecule has 4 aliphatic heterocycles. The molecule has 7 rings (SSSR count). The minimum absolute atomic E-state index is 0.164. The number of aromatic nitrogens is 2. The van der Waals surface area contributed by atoms with Gasteiger partial charge in [0.05, 0.1) is 24.1 Å². The summed E-state index contributed by atoms with van der Waals surface area (Å²) in [6.07, 6.45) is 7.04. The Hall–Kier alpha value is -3.15. The molecule has 0 radical (unpaired) electrons. The van der Waals surface area contributed by atoms with Crippen LogP contribution in [0.2, 0.25) is 0 Å². The van der Waals surface area contributed by atoms with Crippen LogP contribution in [-0.4, -0.2) is 119 Å². The van der Waals surface area contributed by atoms with Gasteiger partial charge >= 0.3 is 6.09 Å². The van der Waals surface area contributed by atoms with Crippen molar-refractivity contribution in [3.63, 3.8) is 0 Å². The van der Waals surface area contributed by atoms with E-state index in [2.05, 4.69) is 24.9 Å². The molecular weight excluding hydrogens is 606 g/mol. The first-order valence-corrected chi connectivity index (χ1v) is 18.2. The molecular formula is C37H57N7O4. The van der Waals surface area contributed by atoms with E-state index in [9.17, 15) is 9.90 Å². The topological polar surface area (TPSA) is 121 Å². The number of phenolic OH excluding ortho intramolecular Hbond substituents is 1. The summed E-state index contributed by atoms with van der Waals surface area (Å²) in [5, 5.41) is 18.8. The second kappa shape index (κ2) is 14.0. The third kappa shape index (κ3) is 7.53. The number of hydrogen-bond acceptors (Lipinski definition) is 10. The lowest BCUT2D eigenvalue weighted by atomic mass is 9.60. The van der Waals surface area contributed by atoms with Gasteiger partial charge in [-0.3, -0.25) is 9.80 Å². The Balaban J connectivity index is 0.00000197. The number of piperidine rings is 2. The number of benzene rings is 1. The molecule has 1 unspecified atom stereocenters. The van der Waals surface area contributed by atoms with Gasteiger partial charge in [0, 0.05) is 70.5 Å². The maximum absolute atomic E-state index is 12.5. The molecule has 1 atom stereocenters. The Morgan fingerprint density at radius 3 is 2.33 bits per heavy atom. The zero-order valence-electron chi connectivity index (χ0n) is 29.8. The molecule has 264 valence electrons. The van der Waals surface area contributed by atoms with Crippen molar-refractivity contribution in [2.45, 2.75) is 90.9 Å². The van der Waals surface area contributed by atoms with E-state index in [1.165, 1.54) is 12.8 Å². The minimum Gasteiger partial charge on any atom is -0.507 e. The molecule has 11 heteroatoms. The van der Waals surface area contributed by atoms with E-state index in [0.717, 1.165) is 96.9 Å². The van der Waals surface area contributed by atoms with Gasteiger partial charge in [0.15, 0.2) is 5.82 Å². The number of ether oxygens (including phenoxy) is 2. The van der Waals surface area contributed by atoms with Crippen molar-refractivity contribution in [1.29, 1.82) is 0 Å². The van der Waals surface area contributed by atoms with Crippen molar-refractivity contribution in [3.8, 4) is 17.0 Å². The number of carbonyl (C=O) groups is 1. The number of nitrogens with zero attached hydrogens (tertiary/aromatic N) is 6. The number of phenols is 1. The van der Waals surface area contributed by atoms with E-state index in [1.54, 1.807) is 12.1 Å². The number of morpholine rings is 1. The van der Waals surface area contributed by atoms with Crippen molar-refractivity contribution in [2.24, 2.45) is 10.8 Å². The molecule has 1 aromatic heterocycles. The second-order valence-electron chi connectivity index (χ2n) is 15.7. The van der Waals surface area contributed by atoms with Crippen LogP contribution < -0.4 is 10.6 Å².